The lowest BCUT2D eigenvalue weighted by atomic mass is 9.97. The monoisotopic (exact) mass is 351 g/mol. The number of aryl methyl sites for hydroxylation is 1. The van der Waals surface area contributed by atoms with Crippen LogP contribution >= 0.6 is 0 Å². The second kappa shape index (κ2) is 6.51. The summed E-state index contributed by atoms with van der Waals surface area (Å²) < 4.78 is 18.1. The van der Waals surface area contributed by atoms with Gasteiger partial charge in [0, 0.05) is 30.4 Å². The number of hydrogen-bond donors (Lipinski definition) is 0. The largest absolute Gasteiger partial charge is 0.493 e. The molecule has 0 saturated carbocycles. The zero-order chi connectivity index (χ0) is 18.1. The van der Waals surface area contributed by atoms with E-state index < -0.39 is 0 Å². The molecule has 0 saturated heterocycles. The van der Waals surface area contributed by atoms with Crippen molar-refractivity contribution in [1.82, 2.24) is 14.5 Å². The van der Waals surface area contributed by atoms with E-state index in [0.29, 0.717) is 30.3 Å². The van der Waals surface area contributed by atoms with Crippen molar-refractivity contribution < 1.29 is 14.2 Å². The predicted molar refractivity (Wildman–Crippen MR) is 95.1 cm³/mol. The first-order valence-electron chi connectivity index (χ1n) is 8.15. The molecule has 7 heteroatoms. The molecule has 0 fully saturated rings. The molecule has 0 bridgehead atoms. The van der Waals surface area contributed by atoms with Crippen LogP contribution in [0.4, 0.5) is 0 Å². The third-order valence-electron chi connectivity index (χ3n) is 4.32. The Bertz CT molecular complexity index is 1020. The Kier molecular flexibility index (Phi) is 4.04. The average molecular weight is 351 g/mol. The van der Waals surface area contributed by atoms with E-state index in [1.165, 1.54) is 0 Å². The van der Waals surface area contributed by atoms with Crippen LogP contribution in [0.2, 0.25) is 0 Å². The molecule has 0 N–H and O–H groups in total. The Hall–Kier alpha value is -3.35. The van der Waals surface area contributed by atoms with Crippen molar-refractivity contribution in [3.8, 4) is 34.5 Å². The van der Waals surface area contributed by atoms with Crippen LogP contribution < -0.4 is 19.9 Å². The minimum atomic E-state index is -0.353. The highest BCUT2D eigenvalue weighted by Gasteiger charge is 2.22. The molecule has 1 aromatic carbocycles. The summed E-state index contributed by atoms with van der Waals surface area (Å²) in [5.74, 6) is 1.87. The molecule has 0 spiro atoms. The topological polar surface area (TPSA) is 75.5 Å². The van der Waals surface area contributed by atoms with E-state index in [4.69, 9.17) is 14.2 Å². The first-order valence-corrected chi connectivity index (χ1v) is 8.15. The van der Waals surface area contributed by atoms with E-state index in [1.54, 1.807) is 49.2 Å². The second-order valence-electron chi connectivity index (χ2n) is 5.80. The van der Waals surface area contributed by atoms with Gasteiger partial charge in [-0.25, -0.2) is 9.78 Å². The zero-order valence-corrected chi connectivity index (χ0v) is 14.4. The molecule has 132 valence electrons. The molecule has 0 unspecified atom stereocenters. The zero-order valence-electron chi connectivity index (χ0n) is 14.4. The molecular formula is C19H17N3O4. The highest BCUT2D eigenvalue weighted by atomic mass is 16.5. The summed E-state index contributed by atoms with van der Waals surface area (Å²) in [6.45, 7) is 0.549. The molecule has 4 rings (SSSR count). The van der Waals surface area contributed by atoms with Crippen molar-refractivity contribution in [2.24, 2.45) is 0 Å². The van der Waals surface area contributed by atoms with Gasteiger partial charge in [-0.1, -0.05) is 6.07 Å². The second-order valence-corrected chi connectivity index (χ2v) is 5.80. The fourth-order valence-electron chi connectivity index (χ4n) is 3.09. The number of hydrogen-bond acceptors (Lipinski definition) is 6. The van der Waals surface area contributed by atoms with Gasteiger partial charge in [-0.3, -0.25) is 4.57 Å². The highest BCUT2D eigenvalue weighted by molar-refractivity contribution is 5.70. The number of fused-ring (bicyclic) bond motifs is 3. The fraction of sp³-hybridized carbons (Fsp3) is 0.211. The Balaban J connectivity index is 1.83. The van der Waals surface area contributed by atoms with Crippen LogP contribution in [0.1, 0.15) is 5.56 Å². The van der Waals surface area contributed by atoms with Crippen molar-refractivity contribution >= 4 is 0 Å². The smallest absolute Gasteiger partial charge is 0.351 e. The first kappa shape index (κ1) is 16.1. The van der Waals surface area contributed by atoms with Gasteiger partial charge in [0.15, 0.2) is 11.5 Å². The fourth-order valence-corrected chi connectivity index (χ4v) is 3.09. The van der Waals surface area contributed by atoms with Crippen LogP contribution in [-0.4, -0.2) is 28.8 Å². The van der Waals surface area contributed by atoms with Gasteiger partial charge in [0.1, 0.15) is 0 Å². The van der Waals surface area contributed by atoms with Crippen molar-refractivity contribution in [2.45, 2.75) is 13.0 Å². The predicted octanol–water partition coefficient (Wildman–Crippen LogP) is 2.67. The maximum absolute atomic E-state index is 12.5. The maximum atomic E-state index is 12.5. The van der Waals surface area contributed by atoms with Crippen LogP contribution in [0.5, 0.6) is 23.3 Å². The van der Waals surface area contributed by atoms with Gasteiger partial charge in [0.2, 0.25) is 11.8 Å². The molecule has 0 aliphatic carbocycles. The van der Waals surface area contributed by atoms with E-state index in [1.807, 2.05) is 12.1 Å². The molecule has 2 aromatic heterocycles. The summed E-state index contributed by atoms with van der Waals surface area (Å²) in [7, 11) is 3.19. The van der Waals surface area contributed by atoms with E-state index >= 15 is 0 Å². The third kappa shape index (κ3) is 2.77. The molecule has 0 amide bonds. The molecule has 0 atom stereocenters. The number of aromatic nitrogens is 3. The number of benzene rings is 1. The lowest BCUT2D eigenvalue weighted by Gasteiger charge is -2.23. The highest BCUT2D eigenvalue weighted by Crippen LogP contribution is 2.38. The molecule has 1 aliphatic rings. The van der Waals surface area contributed by atoms with Crippen molar-refractivity contribution in [1.29, 1.82) is 0 Å². The number of rotatable bonds is 4. The normalized spacial score (nSPS) is 12.1. The molecule has 3 heterocycles. The van der Waals surface area contributed by atoms with Crippen molar-refractivity contribution in [2.75, 3.05) is 14.2 Å². The molecule has 26 heavy (non-hydrogen) atoms. The van der Waals surface area contributed by atoms with E-state index in [-0.39, 0.29) is 11.6 Å². The van der Waals surface area contributed by atoms with Crippen molar-refractivity contribution in [3.05, 3.63) is 58.6 Å². The van der Waals surface area contributed by atoms with Gasteiger partial charge >= 0.3 is 5.69 Å². The minimum Gasteiger partial charge on any atom is -0.493 e. The lowest BCUT2D eigenvalue weighted by Crippen LogP contribution is -2.28. The number of methoxy groups -OCH3 is 2. The lowest BCUT2D eigenvalue weighted by molar-refractivity contribution is 0.354. The van der Waals surface area contributed by atoms with E-state index in [9.17, 15) is 4.79 Å². The average Bonchev–Trinajstić information content (AvgIpc) is 2.67. The van der Waals surface area contributed by atoms with E-state index in [2.05, 4.69) is 9.97 Å². The summed E-state index contributed by atoms with van der Waals surface area (Å²) in [6, 6.07) is 10.9. The van der Waals surface area contributed by atoms with Crippen molar-refractivity contribution in [3.63, 3.8) is 0 Å². The van der Waals surface area contributed by atoms with Crippen LogP contribution in [0, 0.1) is 0 Å². The quantitative estimate of drug-likeness (QED) is 0.719. The number of ether oxygens (including phenoxy) is 3. The summed E-state index contributed by atoms with van der Waals surface area (Å²) in [5, 5.41) is 0. The molecule has 7 nitrogen and oxygen atoms in total. The summed E-state index contributed by atoms with van der Waals surface area (Å²) >= 11 is 0. The molecule has 1 aliphatic heterocycles. The van der Waals surface area contributed by atoms with Crippen LogP contribution in [0.15, 0.2) is 47.4 Å². The maximum Gasteiger partial charge on any atom is 0.351 e. The van der Waals surface area contributed by atoms with E-state index in [0.717, 1.165) is 16.8 Å². The van der Waals surface area contributed by atoms with Gasteiger partial charge in [-0.2, -0.15) is 4.98 Å². The van der Waals surface area contributed by atoms with Gasteiger partial charge < -0.3 is 14.2 Å². The number of nitrogens with zero attached hydrogens (tertiary/aromatic N) is 3. The first-order chi connectivity index (χ1) is 12.7. The van der Waals surface area contributed by atoms with Gasteiger partial charge in [-0.15, -0.1) is 0 Å². The Morgan fingerprint density at radius 3 is 2.58 bits per heavy atom. The molecule has 3 aromatic rings. The van der Waals surface area contributed by atoms with Crippen LogP contribution in [-0.2, 0) is 13.0 Å². The van der Waals surface area contributed by atoms with Crippen LogP contribution in [0.3, 0.4) is 0 Å². The molecular weight excluding hydrogens is 334 g/mol. The number of pyridine rings is 1. The van der Waals surface area contributed by atoms with Gasteiger partial charge in [-0.05, 0) is 30.2 Å². The Morgan fingerprint density at radius 1 is 1.04 bits per heavy atom. The van der Waals surface area contributed by atoms with Gasteiger partial charge in [0.25, 0.3) is 0 Å². The Morgan fingerprint density at radius 2 is 1.85 bits per heavy atom. The molecule has 0 radical (unpaired) electrons. The summed E-state index contributed by atoms with van der Waals surface area (Å²) in [5.41, 5.74) is 2.36. The summed E-state index contributed by atoms with van der Waals surface area (Å²) in [6.07, 6.45) is 2.33. The van der Waals surface area contributed by atoms with Gasteiger partial charge in [0.05, 0.1) is 19.9 Å². The Labute approximate surface area is 149 Å². The van der Waals surface area contributed by atoms with Crippen LogP contribution in [0.25, 0.3) is 11.3 Å². The SMILES string of the molecule is COc1cc2c(cc1OC)-c1cc(Oc3ccccn3)nc(=O)n1CC2. The standard InChI is InChI=1S/C19H17N3O4/c1-24-15-9-12-6-8-22-14(13(12)10-16(15)25-2)11-18(21-19(22)23)26-17-5-3-4-7-20-17/h3-5,7,9-11H,6,8H2,1-2H3. The third-order valence-corrected chi connectivity index (χ3v) is 4.32. The summed E-state index contributed by atoms with van der Waals surface area (Å²) in [4.78, 5) is 20.6. The minimum absolute atomic E-state index is 0.211.